The van der Waals surface area contributed by atoms with Gasteiger partial charge in [-0.3, -0.25) is 4.79 Å². The average molecular weight is 314 g/mol. The molecular weight excluding hydrogens is 308 g/mol. The van der Waals surface area contributed by atoms with Crippen molar-refractivity contribution in [3.63, 3.8) is 0 Å². The van der Waals surface area contributed by atoms with Crippen molar-refractivity contribution < 1.29 is 8.78 Å². The molecule has 0 aliphatic rings. The molecule has 8 heteroatoms. The van der Waals surface area contributed by atoms with Crippen molar-refractivity contribution in [1.82, 2.24) is 9.97 Å². The lowest BCUT2D eigenvalue weighted by Gasteiger charge is -2.07. The maximum atomic E-state index is 14.0. The molecule has 0 fully saturated rings. The predicted octanol–water partition coefficient (Wildman–Crippen LogP) is 2.96. The highest BCUT2D eigenvalue weighted by Crippen LogP contribution is 2.30. The molecule has 20 heavy (non-hydrogen) atoms. The second-order valence-electron chi connectivity index (χ2n) is 3.63. The van der Waals surface area contributed by atoms with E-state index in [4.69, 9.17) is 16.9 Å². The Hall–Kier alpha value is -1.91. The third-order valence-electron chi connectivity index (χ3n) is 2.49. The van der Waals surface area contributed by atoms with Crippen molar-refractivity contribution >= 4 is 23.4 Å². The smallest absolute Gasteiger partial charge is 0.270 e. The Morgan fingerprint density at radius 3 is 2.75 bits per heavy atom. The van der Waals surface area contributed by atoms with Gasteiger partial charge in [-0.2, -0.15) is 5.26 Å². The fourth-order valence-electron chi connectivity index (χ4n) is 1.56. The Morgan fingerprint density at radius 1 is 1.45 bits per heavy atom. The Morgan fingerprint density at radius 2 is 2.15 bits per heavy atom. The van der Waals surface area contributed by atoms with Gasteiger partial charge in [0, 0.05) is 5.56 Å². The summed E-state index contributed by atoms with van der Waals surface area (Å²) in [5, 5.41) is 8.50. The van der Waals surface area contributed by atoms with Gasteiger partial charge in [-0.15, -0.1) is 0 Å². The highest BCUT2D eigenvalue weighted by atomic mass is 35.5. The molecule has 0 unspecified atom stereocenters. The number of thioether (sulfide) groups is 1. The molecule has 1 aromatic carbocycles. The lowest BCUT2D eigenvalue weighted by atomic mass is 10.1. The van der Waals surface area contributed by atoms with Crippen LogP contribution in [0.1, 0.15) is 5.56 Å². The molecule has 1 aromatic heterocycles. The SMILES string of the molecule is CSc1nc(-c2ccc(F)c(Cl)c2F)c(C#N)c(=O)[nH]1. The quantitative estimate of drug-likeness (QED) is 0.526. The molecule has 4 nitrogen and oxygen atoms in total. The van der Waals surface area contributed by atoms with Crippen molar-refractivity contribution in [2.24, 2.45) is 0 Å². The van der Waals surface area contributed by atoms with Gasteiger partial charge in [-0.05, 0) is 18.4 Å². The maximum Gasteiger partial charge on any atom is 0.270 e. The van der Waals surface area contributed by atoms with Crippen molar-refractivity contribution in [2.75, 3.05) is 6.26 Å². The number of halogens is 3. The van der Waals surface area contributed by atoms with Crippen LogP contribution in [0.3, 0.4) is 0 Å². The molecule has 0 atom stereocenters. The van der Waals surface area contributed by atoms with Crippen LogP contribution in [0.4, 0.5) is 8.78 Å². The first kappa shape index (κ1) is 14.5. The Kier molecular flexibility index (Phi) is 4.06. The normalized spacial score (nSPS) is 10.3. The van der Waals surface area contributed by atoms with E-state index in [-0.39, 0.29) is 22.0 Å². The minimum atomic E-state index is -1.06. The summed E-state index contributed by atoms with van der Waals surface area (Å²) in [5.74, 6) is -1.99. The lowest BCUT2D eigenvalue weighted by Crippen LogP contribution is -2.15. The summed E-state index contributed by atoms with van der Waals surface area (Å²) in [6.45, 7) is 0. The number of benzene rings is 1. The number of nitriles is 1. The number of hydrogen-bond donors (Lipinski definition) is 1. The Labute approximate surface area is 121 Å². The Bertz CT molecular complexity index is 785. The minimum absolute atomic E-state index is 0.167. The molecule has 0 bridgehead atoms. The zero-order chi connectivity index (χ0) is 14.9. The van der Waals surface area contributed by atoms with E-state index in [1.54, 1.807) is 12.3 Å². The van der Waals surface area contributed by atoms with E-state index in [1.165, 1.54) is 0 Å². The first-order valence-corrected chi connectivity index (χ1v) is 6.82. The summed E-state index contributed by atoms with van der Waals surface area (Å²) in [4.78, 5) is 18.1. The van der Waals surface area contributed by atoms with Crippen molar-refractivity contribution in [3.05, 3.63) is 44.7 Å². The third kappa shape index (κ3) is 2.40. The van der Waals surface area contributed by atoms with Gasteiger partial charge in [0.1, 0.15) is 22.5 Å². The number of H-pyrrole nitrogens is 1. The van der Waals surface area contributed by atoms with Crippen molar-refractivity contribution in [1.29, 1.82) is 5.26 Å². The second-order valence-corrected chi connectivity index (χ2v) is 4.81. The summed E-state index contributed by atoms with van der Waals surface area (Å²) in [6, 6.07) is 3.69. The van der Waals surface area contributed by atoms with Gasteiger partial charge in [-0.1, -0.05) is 23.4 Å². The summed E-state index contributed by atoms with van der Waals surface area (Å²) < 4.78 is 27.1. The Balaban J connectivity index is 2.82. The van der Waals surface area contributed by atoms with E-state index in [1.807, 2.05) is 0 Å². The van der Waals surface area contributed by atoms with Crippen LogP contribution < -0.4 is 5.56 Å². The largest absolute Gasteiger partial charge is 0.300 e. The lowest BCUT2D eigenvalue weighted by molar-refractivity contribution is 0.586. The standard InChI is InChI=1S/C12H6ClF2N3OS/c1-20-12-17-10(6(4-16)11(19)18-12)5-2-3-7(14)8(13)9(5)15/h2-3H,1H3,(H,17,18,19). The molecular formula is C12H6ClF2N3OS. The first-order chi connectivity index (χ1) is 9.49. The molecule has 0 saturated carbocycles. The van der Waals surface area contributed by atoms with E-state index in [0.717, 1.165) is 23.9 Å². The van der Waals surface area contributed by atoms with Gasteiger partial charge >= 0.3 is 0 Å². The summed E-state index contributed by atoms with van der Waals surface area (Å²) in [5.41, 5.74) is -1.42. The molecule has 0 aliphatic carbocycles. The van der Waals surface area contributed by atoms with Crippen LogP contribution in [0.2, 0.25) is 5.02 Å². The van der Waals surface area contributed by atoms with E-state index < -0.39 is 22.2 Å². The van der Waals surface area contributed by atoms with Crippen molar-refractivity contribution in [2.45, 2.75) is 5.16 Å². The first-order valence-electron chi connectivity index (χ1n) is 5.21. The van der Waals surface area contributed by atoms with Crippen LogP contribution in [0.5, 0.6) is 0 Å². The molecule has 1 heterocycles. The minimum Gasteiger partial charge on any atom is -0.300 e. The maximum absolute atomic E-state index is 14.0. The number of nitrogens with one attached hydrogen (secondary N) is 1. The predicted molar refractivity (Wildman–Crippen MR) is 71.7 cm³/mol. The molecule has 1 N–H and O–H groups in total. The summed E-state index contributed by atoms with van der Waals surface area (Å²) in [7, 11) is 0. The summed E-state index contributed by atoms with van der Waals surface area (Å²) >= 11 is 6.61. The molecule has 0 amide bonds. The monoisotopic (exact) mass is 313 g/mol. The molecule has 0 spiro atoms. The van der Waals surface area contributed by atoms with E-state index in [9.17, 15) is 13.6 Å². The molecule has 2 aromatic rings. The van der Waals surface area contributed by atoms with E-state index >= 15 is 0 Å². The van der Waals surface area contributed by atoms with Gasteiger partial charge in [0.2, 0.25) is 0 Å². The van der Waals surface area contributed by atoms with Crippen molar-refractivity contribution in [3.8, 4) is 17.3 Å². The fraction of sp³-hybridized carbons (Fsp3) is 0.0833. The zero-order valence-corrected chi connectivity index (χ0v) is 11.6. The van der Waals surface area contributed by atoms with Crippen LogP contribution in [0.15, 0.2) is 22.1 Å². The number of aromatic nitrogens is 2. The number of aromatic amines is 1. The number of nitrogens with zero attached hydrogens (tertiary/aromatic N) is 2. The van der Waals surface area contributed by atoms with Crippen LogP contribution in [0.25, 0.3) is 11.3 Å². The molecule has 102 valence electrons. The van der Waals surface area contributed by atoms with Crippen LogP contribution in [0, 0.1) is 23.0 Å². The summed E-state index contributed by atoms with van der Waals surface area (Å²) in [6.07, 6.45) is 1.65. The van der Waals surface area contributed by atoms with Crippen LogP contribution >= 0.6 is 23.4 Å². The second kappa shape index (κ2) is 5.61. The molecule has 0 aliphatic heterocycles. The van der Waals surface area contributed by atoms with E-state index in [0.29, 0.717) is 0 Å². The van der Waals surface area contributed by atoms with Gasteiger partial charge in [0.25, 0.3) is 5.56 Å². The average Bonchev–Trinajstić information content (AvgIpc) is 2.44. The van der Waals surface area contributed by atoms with Gasteiger partial charge in [0.15, 0.2) is 11.0 Å². The number of rotatable bonds is 2. The highest BCUT2D eigenvalue weighted by Gasteiger charge is 2.19. The topological polar surface area (TPSA) is 69.5 Å². The van der Waals surface area contributed by atoms with Gasteiger partial charge in [-0.25, -0.2) is 13.8 Å². The van der Waals surface area contributed by atoms with Crippen LogP contribution in [-0.2, 0) is 0 Å². The van der Waals surface area contributed by atoms with Crippen LogP contribution in [-0.4, -0.2) is 16.2 Å². The molecule has 0 radical (unpaired) electrons. The van der Waals surface area contributed by atoms with E-state index in [2.05, 4.69) is 9.97 Å². The molecule has 2 rings (SSSR count). The third-order valence-corrected chi connectivity index (χ3v) is 3.42. The zero-order valence-electron chi connectivity index (χ0n) is 10.00. The highest BCUT2D eigenvalue weighted by molar-refractivity contribution is 7.98. The van der Waals surface area contributed by atoms with Gasteiger partial charge < -0.3 is 4.98 Å². The van der Waals surface area contributed by atoms with Gasteiger partial charge in [0.05, 0.1) is 5.69 Å². The fourth-order valence-corrected chi connectivity index (χ4v) is 2.10. The number of hydrogen-bond acceptors (Lipinski definition) is 4. The molecule has 0 saturated heterocycles.